The summed E-state index contributed by atoms with van der Waals surface area (Å²) in [6.45, 7) is 0. The van der Waals surface area contributed by atoms with Gasteiger partial charge in [0, 0.05) is 44.6 Å². The van der Waals surface area contributed by atoms with Crippen LogP contribution in [0.4, 0.5) is 0 Å². The summed E-state index contributed by atoms with van der Waals surface area (Å²) >= 11 is 0. The SMILES string of the molecule is c1ccc(-c2cc(-c3ccc(-c4cccc(-c5cccc6oc7c8ccccc8c(-c8ccccn8)cc7c56)c4)cc3)nc(-c3ccccc3)n2)cc1. The second-order valence-corrected chi connectivity index (χ2v) is 13.2. The molecule has 0 saturated carbocycles. The first-order valence-electron chi connectivity index (χ1n) is 17.8. The summed E-state index contributed by atoms with van der Waals surface area (Å²) in [5.41, 5.74) is 13.2. The van der Waals surface area contributed by atoms with E-state index in [2.05, 4.69) is 133 Å². The van der Waals surface area contributed by atoms with Crippen molar-refractivity contribution in [2.45, 2.75) is 0 Å². The van der Waals surface area contributed by atoms with Crippen LogP contribution in [0.15, 0.2) is 193 Å². The minimum absolute atomic E-state index is 0.708. The number of hydrogen-bond donors (Lipinski definition) is 0. The summed E-state index contributed by atoms with van der Waals surface area (Å²) in [4.78, 5) is 14.7. The molecule has 0 atom stereocenters. The number of rotatable bonds is 6. The van der Waals surface area contributed by atoms with Crippen LogP contribution in [0.25, 0.3) is 100 Å². The van der Waals surface area contributed by atoms with Gasteiger partial charge in [-0.25, -0.2) is 9.97 Å². The highest BCUT2D eigenvalue weighted by Crippen LogP contribution is 2.43. The first kappa shape index (κ1) is 30.6. The fourth-order valence-corrected chi connectivity index (χ4v) is 7.39. The van der Waals surface area contributed by atoms with E-state index in [1.165, 1.54) is 0 Å². The zero-order chi connectivity index (χ0) is 35.1. The van der Waals surface area contributed by atoms with Gasteiger partial charge in [0.15, 0.2) is 5.82 Å². The van der Waals surface area contributed by atoms with Gasteiger partial charge >= 0.3 is 0 Å². The van der Waals surface area contributed by atoms with Crippen molar-refractivity contribution in [2.75, 3.05) is 0 Å². The van der Waals surface area contributed by atoms with E-state index in [9.17, 15) is 0 Å². The summed E-state index contributed by atoms with van der Waals surface area (Å²) in [5.74, 6) is 0.708. The molecule has 10 aromatic rings. The maximum atomic E-state index is 6.63. The van der Waals surface area contributed by atoms with Crippen molar-refractivity contribution in [3.05, 3.63) is 188 Å². The normalized spacial score (nSPS) is 11.4. The highest BCUT2D eigenvalue weighted by molar-refractivity contribution is 6.22. The molecule has 0 bridgehead atoms. The first-order valence-corrected chi connectivity index (χ1v) is 17.8. The molecule has 0 aliphatic carbocycles. The third-order valence-electron chi connectivity index (χ3n) is 9.96. The molecule has 0 amide bonds. The lowest BCUT2D eigenvalue weighted by molar-refractivity contribution is 0.673. The number of hydrogen-bond acceptors (Lipinski definition) is 4. The standard InChI is InChI=1S/C49H31N3O/c1-3-13-33(14-4-1)44-31-45(52-49(51-44)35-15-5-2-6-16-35)34-26-24-32(25-27-34)36-17-11-18-37(29-36)38-21-12-23-46-47(38)42-30-41(43-22-9-10-28-50-43)39-19-7-8-20-40(39)48(42)53-46/h1-31H. The number of benzene rings is 7. The van der Waals surface area contributed by atoms with Crippen molar-refractivity contribution in [3.8, 4) is 67.4 Å². The van der Waals surface area contributed by atoms with E-state index in [-0.39, 0.29) is 0 Å². The van der Waals surface area contributed by atoms with E-state index in [4.69, 9.17) is 19.4 Å². The molecule has 248 valence electrons. The maximum absolute atomic E-state index is 6.63. The van der Waals surface area contributed by atoms with Crippen molar-refractivity contribution in [1.29, 1.82) is 0 Å². The Morgan fingerprint density at radius 1 is 0.358 bits per heavy atom. The molecule has 0 spiro atoms. The quantitative estimate of drug-likeness (QED) is 0.176. The van der Waals surface area contributed by atoms with Crippen LogP contribution in [0.3, 0.4) is 0 Å². The van der Waals surface area contributed by atoms with Crippen molar-refractivity contribution >= 4 is 32.7 Å². The van der Waals surface area contributed by atoms with E-state index in [1.54, 1.807) is 0 Å². The van der Waals surface area contributed by atoms with Crippen molar-refractivity contribution in [3.63, 3.8) is 0 Å². The molecule has 4 heteroatoms. The average Bonchev–Trinajstić information content (AvgIpc) is 3.63. The average molecular weight is 678 g/mol. The topological polar surface area (TPSA) is 51.8 Å². The van der Waals surface area contributed by atoms with E-state index in [1.807, 2.05) is 54.7 Å². The molecular weight excluding hydrogens is 647 g/mol. The van der Waals surface area contributed by atoms with E-state index >= 15 is 0 Å². The van der Waals surface area contributed by atoms with Gasteiger partial charge < -0.3 is 4.42 Å². The van der Waals surface area contributed by atoms with Crippen LogP contribution in [0, 0.1) is 0 Å². The minimum Gasteiger partial charge on any atom is -0.455 e. The van der Waals surface area contributed by atoms with Crippen LogP contribution in [-0.4, -0.2) is 15.0 Å². The maximum Gasteiger partial charge on any atom is 0.160 e. The Morgan fingerprint density at radius 3 is 1.74 bits per heavy atom. The van der Waals surface area contributed by atoms with Gasteiger partial charge in [0.05, 0.1) is 17.1 Å². The lowest BCUT2D eigenvalue weighted by atomic mass is 9.93. The molecule has 0 aliphatic rings. The van der Waals surface area contributed by atoms with Gasteiger partial charge in [-0.05, 0) is 64.0 Å². The minimum atomic E-state index is 0.708. The van der Waals surface area contributed by atoms with Crippen molar-refractivity contribution < 1.29 is 4.42 Å². The number of pyridine rings is 1. The fourth-order valence-electron chi connectivity index (χ4n) is 7.39. The first-order chi connectivity index (χ1) is 26.3. The van der Waals surface area contributed by atoms with Gasteiger partial charge in [-0.3, -0.25) is 4.98 Å². The Morgan fingerprint density at radius 2 is 0.981 bits per heavy atom. The molecule has 3 heterocycles. The lowest BCUT2D eigenvalue weighted by Gasteiger charge is -2.11. The van der Waals surface area contributed by atoms with Crippen molar-refractivity contribution in [1.82, 2.24) is 15.0 Å². The predicted octanol–water partition coefficient (Wildman–Crippen LogP) is 12.9. The van der Waals surface area contributed by atoms with Crippen LogP contribution < -0.4 is 0 Å². The monoisotopic (exact) mass is 677 g/mol. The Bertz CT molecular complexity index is 2860. The molecule has 0 saturated heterocycles. The zero-order valence-electron chi connectivity index (χ0n) is 28.6. The Kier molecular flexibility index (Phi) is 7.43. The number of aromatic nitrogens is 3. The molecule has 0 aliphatic heterocycles. The molecule has 0 unspecified atom stereocenters. The number of nitrogens with zero attached hydrogens (tertiary/aromatic N) is 3. The second-order valence-electron chi connectivity index (χ2n) is 13.2. The molecule has 10 rings (SSSR count). The lowest BCUT2D eigenvalue weighted by Crippen LogP contribution is -1.95. The summed E-state index contributed by atoms with van der Waals surface area (Å²) in [6.07, 6.45) is 1.85. The third-order valence-corrected chi connectivity index (χ3v) is 9.96. The van der Waals surface area contributed by atoms with Crippen LogP contribution in [0.5, 0.6) is 0 Å². The summed E-state index contributed by atoms with van der Waals surface area (Å²) in [7, 11) is 0. The predicted molar refractivity (Wildman–Crippen MR) is 217 cm³/mol. The molecule has 0 radical (unpaired) electrons. The van der Waals surface area contributed by atoms with Crippen LogP contribution in [0.2, 0.25) is 0 Å². The molecule has 0 N–H and O–H groups in total. The highest BCUT2D eigenvalue weighted by atomic mass is 16.3. The van der Waals surface area contributed by atoms with Crippen LogP contribution in [0.1, 0.15) is 0 Å². The van der Waals surface area contributed by atoms with Crippen molar-refractivity contribution in [2.24, 2.45) is 0 Å². The van der Waals surface area contributed by atoms with E-state index in [0.29, 0.717) is 5.82 Å². The third kappa shape index (κ3) is 5.54. The fraction of sp³-hybridized carbons (Fsp3) is 0. The summed E-state index contributed by atoms with van der Waals surface area (Å²) in [6, 6.07) is 63.0. The van der Waals surface area contributed by atoms with Gasteiger partial charge in [-0.1, -0.05) is 146 Å². The summed E-state index contributed by atoms with van der Waals surface area (Å²) < 4.78 is 6.63. The zero-order valence-corrected chi connectivity index (χ0v) is 28.6. The summed E-state index contributed by atoms with van der Waals surface area (Å²) in [5, 5.41) is 4.39. The van der Waals surface area contributed by atoms with Gasteiger partial charge in [-0.2, -0.15) is 0 Å². The number of fused-ring (bicyclic) bond motifs is 5. The molecule has 0 fully saturated rings. The Balaban J connectivity index is 1.06. The number of furan rings is 1. The van der Waals surface area contributed by atoms with E-state index in [0.717, 1.165) is 94.3 Å². The Hall–Kier alpha value is -7.17. The molecular formula is C49H31N3O. The van der Waals surface area contributed by atoms with Crippen LogP contribution in [-0.2, 0) is 0 Å². The van der Waals surface area contributed by atoms with Gasteiger partial charge in [-0.15, -0.1) is 0 Å². The molecule has 53 heavy (non-hydrogen) atoms. The molecule has 7 aromatic carbocycles. The van der Waals surface area contributed by atoms with Gasteiger partial charge in [0.1, 0.15) is 11.2 Å². The smallest absolute Gasteiger partial charge is 0.160 e. The van der Waals surface area contributed by atoms with Gasteiger partial charge in [0.2, 0.25) is 0 Å². The molecule has 4 nitrogen and oxygen atoms in total. The highest BCUT2D eigenvalue weighted by Gasteiger charge is 2.18. The van der Waals surface area contributed by atoms with Gasteiger partial charge in [0.25, 0.3) is 0 Å². The van der Waals surface area contributed by atoms with E-state index < -0.39 is 0 Å². The molecule has 3 aromatic heterocycles. The van der Waals surface area contributed by atoms with Crippen LogP contribution >= 0.6 is 0 Å². The largest absolute Gasteiger partial charge is 0.455 e. The Labute approximate surface area is 306 Å². The second kappa shape index (κ2) is 12.9.